The van der Waals surface area contributed by atoms with Crippen molar-refractivity contribution < 1.29 is 4.79 Å². The molecule has 0 aliphatic carbocycles. The second-order valence-corrected chi connectivity index (χ2v) is 5.33. The summed E-state index contributed by atoms with van der Waals surface area (Å²) in [6.45, 7) is 5.94. The molecule has 0 fully saturated rings. The minimum atomic E-state index is -0.00958. The van der Waals surface area contributed by atoms with Crippen molar-refractivity contribution in [2.75, 3.05) is 12.3 Å². The van der Waals surface area contributed by atoms with Crippen LogP contribution in [-0.4, -0.2) is 36.7 Å². The molecule has 106 valence electrons. The number of aromatic nitrogens is 4. The predicted molar refractivity (Wildman–Crippen MR) is 74.0 cm³/mol. The minimum Gasteiger partial charge on any atom is -0.397 e. The molecule has 0 atom stereocenters. The lowest BCUT2D eigenvalue weighted by atomic mass is 10.2. The number of fused-ring (bicyclic) bond motifs is 1. The first kappa shape index (κ1) is 12.7. The first-order valence-corrected chi connectivity index (χ1v) is 6.69. The predicted octanol–water partition coefficient (Wildman–Crippen LogP) is 0.899. The Morgan fingerprint density at radius 3 is 2.95 bits per heavy atom. The van der Waals surface area contributed by atoms with E-state index in [2.05, 4.69) is 10.2 Å². The molecule has 2 aromatic rings. The molecular formula is C13H18N6O. The van der Waals surface area contributed by atoms with Gasteiger partial charge in [-0.2, -0.15) is 0 Å². The van der Waals surface area contributed by atoms with Crippen LogP contribution in [0.3, 0.4) is 0 Å². The molecule has 2 N–H and O–H groups in total. The van der Waals surface area contributed by atoms with E-state index >= 15 is 0 Å². The second-order valence-electron chi connectivity index (χ2n) is 5.33. The number of hydrogen-bond donors (Lipinski definition) is 1. The first-order chi connectivity index (χ1) is 9.56. The van der Waals surface area contributed by atoms with Crippen LogP contribution in [0.1, 0.15) is 36.2 Å². The van der Waals surface area contributed by atoms with Crippen LogP contribution in [0.4, 0.5) is 5.69 Å². The van der Waals surface area contributed by atoms with E-state index in [9.17, 15) is 4.79 Å². The van der Waals surface area contributed by atoms with Crippen molar-refractivity contribution in [1.29, 1.82) is 0 Å². The summed E-state index contributed by atoms with van der Waals surface area (Å²) in [4.78, 5) is 14.5. The Balaban J connectivity index is 1.87. The number of nitrogens with zero attached hydrogens (tertiary/aromatic N) is 5. The molecule has 20 heavy (non-hydrogen) atoms. The Labute approximate surface area is 117 Å². The van der Waals surface area contributed by atoms with Crippen LogP contribution in [0.15, 0.2) is 18.6 Å². The van der Waals surface area contributed by atoms with Crippen molar-refractivity contribution in [2.45, 2.75) is 33.0 Å². The van der Waals surface area contributed by atoms with E-state index in [1.54, 1.807) is 17.3 Å². The summed E-state index contributed by atoms with van der Waals surface area (Å²) in [6, 6.07) is 1.93. The summed E-state index contributed by atoms with van der Waals surface area (Å²) in [5.74, 6) is 0.810. The molecular weight excluding hydrogens is 256 g/mol. The van der Waals surface area contributed by atoms with E-state index in [-0.39, 0.29) is 11.9 Å². The third kappa shape index (κ3) is 2.04. The second kappa shape index (κ2) is 4.66. The lowest BCUT2D eigenvalue weighted by Crippen LogP contribution is -2.39. The van der Waals surface area contributed by atoms with Crippen LogP contribution in [0.25, 0.3) is 0 Å². The lowest BCUT2D eigenvalue weighted by Gasteiger charge is -2.27. The maximum atomic E-state index is 12.7. The van der Waals surface area contributed by atoms with Crippen LogP contribution in [0.2, 0.25) is 0 Å². The molecule has 1 aliphatic heterocycles. The van der Waals surface area contributed by atoms with Gasteiger partial charge in [-0.1, -0.05) is 0 Å². The van der Waals surface area contributed by atoms with E-state index in [1.165, 1.54) is 0 Å². The standard InChI is InChI=1S/C13H18N6O/c1-9(2)19-6-10(14)5-11(19)13(20)17-3-4-18-8-15-16-12(18)7-17/h5-6,8-9H,3-4,7,14H2,1-2H3. The van der Waals surface area contributed by atoms with Crippen LogP contribution in [0.5, 0.6) is 0 Å². The monoisotopic (exact) mass is 274 g/mol. The highest BCUT2D eigenvalue weighted by Crippen LogP contribution is 2.20. The summed E-state index contributed by atoms with van der Waals surface area (Å²) < 4.78 is 3.89. The zero-order valence-electron chi connectivity index (χ0n) is 11.7. The topological polar surface area (TPSA) is 82.0 Å². The highest BCUT2D eigenvalue weighted by molar-refractivity contribution is 5.94. The Morgan fingerprint density at radius 1 is 1.40 bits per heavy atom. The van der Waals surface area contributed by atoms with Gasteiger partial charge in [-0.25, -0.2) is 0 Å². The molecule has 0 spiro atoms. The van der Waals surface area contributed by atoms with Crippen LogP contribution < -0.4 is 5.73 Å². The fourth-order valence-corrected chi connectivity index (χ4v) is 2.50. The summed E-state index contributed by atoms with van der Waals surface area (Å²) in [5.41, 5.74) is 7.07. The molecule has 0 aromatic carbocycles. The molecule has 0 bridgehead atoms. The largest absolute Gasteiger partial charge is 0.397 e. The molecule has 0 radical (unpaired) electrons. The van der Waals surface area contributed by atoms with E-state index < -0.39 is 0 Å². The number of anilines is 1. The third-order valence-corrected chi connectivity index (χ3v) is 3.57. The van der Waals surface area contributed by atoms with E-state index in [0.29, 0.717) is 24.5 Å². The van der Waals surface area contributed by atoms with Gasteiger partial charge in [-0.3, -0.25) is 4.79 Å². The number of nitrogen functional groups attached to an aromatic ring is 1. The number of hydrogen-bond acceptors (Lipinski definition) is 4. The summed E-state index contributed by atoms with van der Waals surface area (Å²) in [7, 11) is 0. The Morgan fingerprint density at radius 2 is 2.20 bits per heavy atom. The molecule has 0 saturated heterocycles. The van der Waals surface area contributed by atoms with Gasteiger partial charge in [0.15, 0.2) is 5.82 Å². The zero-order chi connectivity index (χ0) is 14.3. The van der Waals surface area contributed by atoms with Crippen molar-refractivity contribution in [3.05, 3.63) is 30.1 Å². The van der Waals surface area contributed by atoms with Gasteiger partial charge in [0.1, 0.15) is 12.0 Å². The Kier molecular flexibility index (Phi) is 2.96. The highest BCUT2D eigenvalue weighted by atomic mass is 16.2. The van der Waals surface area contributed by atoms with Gasteiger partial charge >= 0.3 is 0 Å². The van der Waals surface area contributed by atoms with Crippen molar-refractivity contribution in [2.24, 2.45) is 0 Å². The maximum absolute atomic E-state index is 12.7. The van der Waals surface area contributed by atoms with Crippen molar-refractivity contribution in [1.82, 2.24) is 24.2 Å². The summed E-state index contributed by atoms with van der Waals surface area (Å²) >= 11 is 0. The molecule has 0 saturated carbocycles. The molecule has 7 heteroatoms. The first-order valence-electron chi connectivity index (χ1n) is 6.69. The molecule has 2 aromatic heterocycles. The quantitative estimate of drug-likeness (QED) is 0.882. The minimum absolute atomic E-state index is 0.00958. The van der Waals surface area contributed by atoms with E-state index in [4.69, 9.17) is 5.73 Å². The number of carbonyl (C=O) groups is 1. The third-order valence-electron chi connectivity index (χ3n) is 3.57. The fraction of sp³-hybridized carbons (Fsp3) is 0.462. The van der Waals surface area contributed by atoms with Gasteiger partial charge in [0.05, 0.1) is 12.2 Å². The normalized spacial score (nSPS) is 14.7. The van der Waals surface area contributed by atoms with Crippen molar-refractivity contribution in [3.8, 4) is 0 Å². The van der Waals surface area contributed by atoms with Crippen LogP contribution >= 0.6 is 0 Å². The number of rotatable bonds is 2. The number of carbonyl (C=O) groups excluding carboxylic acids is 1. The van der Waals surface area contributed by atoms with E-state index in [0.717, 1.165) is 12.4 Å². The zero-order valence-corrected chi connectivity index (χ0v) is 11.7. The average Bonchev–Trinajstić information content (AvgIpc) is 3.02. The SMILES string of the molecule is CC(C)n1cc(N)cc1C(=O)N1CCn2cnnc2C1. The van der Waals surface area contributed by atoms with Gasteiger partial charge in [0.25, 0.3) is 5.91 Å². The Hall–Kier alpha value is -2.31. The smallest absolute Gasteiger partial charge is 0.271 e. The van der Waals surface area contributed by atoms with Crippen LogP contribution in [0, 0.1) is 0 Å². The number of amides is 1. The van der Waals surface area contributed by atoms with Crippen molar-refractivity contribution in [3.63, 3.8) is 0 Å². The molecule has 1 aliphatic rings. The van der Waals surface area contributed by atoms with Gasteiger partial charge < -0.3 is 19.8 Å². The average molecular weight is 274 g/mol. The van der Waals surface area contributed by atoms with Crippen LogP contribution in [-0.2, 0) is 13.1 Å². The lowest BCUT2D eigenvalue weighted by molar-refractivity contribution is 0.0695. The van der Waals surface area contributed by atoms with Gasteiger partial charge in [0, 0.05) is 25.3 Å². The van der Waals surface area contributed by atoms with Gasteiger partial charge in [-0.15, -0.1) is 10.2 Å². The molecule has 0 unspecified atom stereocenters. The maximum Gasteiger partial charge on any atom is 0.271 e. The number of nitrogens with two attached hydrogens (primary N) is 1. The van der Waals surface area contributed by atoms with Crippen molar-refractivity contribution >= 4 is 11.6 Å². The molecule has 7 nitrogen and oxygen atoms in total. The van der Waals surface area contributed by atoms with E-state index in [1.807, 2.05) is 29.2 Å². The fourth-order valence-electron chi connectivity index (χ4n) is 2.50. The Bertz CT molecular complexity index is 641. The van der Waals surface area contributed by atoms with Gasteiger partial charge in [0.2, 0.25) is 0 Å². The summed E-state index contributed by atoms with van der Waals surface area (Å²) in [6.07, 6.45) is 3.51. The molecule has 3 rings (SSSR count). The molecule has 3 heterocycles. The summed E-state index contributed by atoms with van der Waals surface area (Å²) in [5, 5.41) is 7.90. The van der Waals surface area contributed by atoms with Gasteiger partial charge in [-0.05, 0) is 19.9 Å². The molecule has 1 amide bonds. The highest BCUT2D eigenvalue weighted by Gasteiger charge is 2.25.